The van der Waals surface area contributed by atoms with E-state index in [-0.39, 0.29) is 5.02 Å². The predicted octanol–water partition coefficient (Wildman–Crippen LogP) is 1.77. The van der Waals surface area contributed by atoms with Crippen molar-refractivity contribution in [3.63, 3.8) is 0 Å². The summed E-state index contributed by atoms with van der Waals surface area (Å²) in [5, 5.41) is 9.30. The Labute approximate surface area is 116 Å². The Morgan fingerprint density at radius 2 is 1.28 bits per heavy atom. The molecule has 0 atom stereocenters. The molecule has 0 radical (unpaired) electrons. The molecule has 0 aliphatic rings. The molecule has 0 saturated heterocycles. The van der Waals surface area contributed by atoms with E-state index in [1.807, 2.05) is 0 Å². The fourth-order valence-corrected chi connectivity index (χ4v) is 2.18. The van der Waals surface area contributed by atoms with E-state index >= 15 is 0 Å². The molecule has 0 aliphatic carbocycles. The van der Waals surface area contributed by atoms with Crippen molar-refractivity contribution < 1.29 is 30.3 Å². The Hall–Kier alpha value is -0.610. The van der Waals surface area contributed by atoms with Crippen molar-refractivity contribution in [2.45, 2.75) is 0 Å². The largest absolute Gasteiger partial charge is 0.502 e. The lowest BCUT2D eigenvalue weighted by Gasteiger charge is -2.08. The van der Waals surface area contributed by atoms with Crippen LogP contribution >= 0.6 is 33.0 Å². The summed E-state index contributed by atoms with van der Waals surface area (Å²) in [7, 11) is 0.654. The van der Waals surface area contributed by atoms with E-state index in [0.29, 0.717) is 0 Å². The maximum atomic E-state index is 10.7. The third kappa shape index (κ3) is 4.94. The van der Waals surface area contributed by atoms with Crippen LogP contribution in [0.5, 0.6) is 17.2 Å². The lowest BCUT2D eigenvalue weighted by atomic mass is 10.3. The second-order valence-electron chi connectivity index (χ2n) is 2.70. The predicted molar refractivity (Wildman–Crippen MR) is 63.9 cm³/mol. The highest BCUT2D eigenvalue weighted by Crippen LogP contribution is 2.40. The van der Waals surface area contributed by atoms with Crippen molar-refractivity contribution in [2.75, 3.05) is 0 Å². The summed E-state index contributed by atoms with van der Waals surface area (Å²) in [6.45, 7) is 0. The first kappa shape index (κ1) is 15.4. The number of benzene rings is 1. The highest BCUT2D eigenvalue weighted by atomic mass is 35.7. The highest BCUT2D eigenvalue weighted by molar-refractivity contribution is 8.10. The Kier molecular flexibility index (Phi) is 4.44. The van der Waals surface area contributed by atoms with Gasteiger partial charge < -0.3 is 13.5 Å². The summed E-state index contributed by atoms with van der Waals surface area (Å²) in [5.74, 6) is -2.38. The Morgan fingerprint density at radius 3 is 1.56 bits per heavy atom. The lowest BCUT2D eigenvalue weighted by Crippen LogP contribution is -2.03. The normalized spacial score (nSPS) is 12.2. The molecule has 0 fully saturated rings. The molecule has 1 N–H and O–H groups in total. The van der Waals surface area contributed by atoms with E-state index < -0.39 is 35.9 Å². The average Bonchev–Trinajstić information content (AvgIpc) is 2.07. The first-order valence-corrected chi connectivity index (χ1v) is 8.63. The van der Waals surface area contributed by atoms with Gasteiger partial charge in [-0.15, -0.1) is 0 Å². The number of halogens is 3. The number of rotatable bonds is 4. The molecule has 1 aromatic carbocycles. The molecule has 0 bridgehead atoms. The van der Waals surface area contributed by atoms with Gasteiger partial charge in [0.25, 0.3) is 0 Å². The first-order chi connectivity index (χ1) is 7.98. The van der Waals surface area contributed by atoms with Crippen LogP contribution in [-0.4, -0.2) is 21.9 Å². The van der Waals surface area contributed by atoms with Crippen LogP contribution in [0.1, 0.15) is 0 Å². The smallest absolute Gasteiger partial charge is 0.401 e. The molecule has 0 aromatic heterocycles. The van der Waals surface area contributed by atoms with Gasteiger partial charge in [0.1, 0.15) is 0 Å². The molecule has 7 nitrogen and oxygen atoms in total. The Bertz CT molecular complexity index is 611. The van der Waals surface area contributed by atoms with Crippen molar-refractivity contribution in [2.24, 2.45) is 0 Å². The van der Waals surface area contributed by atoms with Crippen LogP contribution in [0, 0.1) is 0 Å². The molecule has 0 heterocycles. The van der Waals surface area contributed by atoms with Gasteiger partial charge in [-0.2, -0.15) is 16.8 Å². The van der Waals surface area contributed by atoms with Crippen LogP contribution in [-0.2, 0) is 18.7 Å². The summed E-state index contributed by atoms with van der Waals surface area (Å²) in [6.07, 6.45) is 0. The average molecular weight is 358 g/mol. The molecular formula is C6H3Cl3O7S2. The maximum Gasteiger partial charge on any atom is 0.401 e. The molecule has 1 aromatic rings. The number of aromatic hydroxyl groups is 1. The zero-order valence-electron chi connectivity index (χ0n) is 8.00. The van der Waals surface area contributed by atoms with E-state index in [0.717, 1.165) is 12.1 Å². The molecule has 102 valence electrons. The van der Waals surface area contributed by atoms with Crippen LogP contribution in [0.2, 0.25) is 5.02 Å². The van der Waals surface area contributed by atoms with Crippen molar-refractivity contribution in [1.29, 1.82) is 0 Å². The number of phenolic OH excluding ortho intramolecular Hbond substituents is 1. The summed E-state index contributed by atoms with van der Waals surface area (Å²) in [6, 6.07) is 1.76. The summed E-state index contributed by atoms with van der Waals surface area (Å²) in [4.78, 5) is 0. The van der Waals surface area contributed by atoms with E-state index in [1.54, 1.807) is 0 Å². The van der Waals surface area contributed by atoms with E-state index in [4.69, 9.17) is 33.0 Å². The number of hydrogen-bond acceptors (Lipinski definition) is 7. The lowest BCUT2D eigenvalue weighted by molar-refractivity contribution is 0.409. The minimum atomic E-state index is -4.46. The van der Waals surface area contributed by atoms with E-state index in [1.165, 1.54) is 0 Å². The monoisotopic (exact) mass is 356 g/mol. The van der Waals surface area contributed by atoms with Crippen molar-refractivity contribution >= 4 is 51.6 Å². The molecule has 0 spiro atoms. The van der Waals surface area contributed by atoms with Crippen LogP contribution < -0.4 is 8.37 Å². The third-order valence-electron chi connectivity index (χ3n) is 1.38. The zero-order chi connectivity index (χ0) is 14.1. The molecule has 0 unspecified atom stereocenters. The topological polar surface area (TPSA) is 107 Å². The number of phenols is 1. The van der Waals surface area contributed by atoms with Gasteiger partial charge in [-0.05, 0) is 0 Å². The summed E-state index contributed by atoms with van der Waals surface area (Å²) in [5.41, 5.74) is 0. The number of hydrogen-bond donors (Lipinski definition) is 1. The van der Waals surface area contributed by atoms with Crippen LogP contribution in [0.25, 0.3) is 0 Å². The van der Waals surface area contributed by atoms with Crippen LogP contribution in [0.4, 0.5) is 0 Å². The van der Waals surface area contributed by atoms with Crippen molar-refractivity contribution in [3.8, 4) is 17.2 Å². The zero-order valence-corrected chi connectivity index (χ0v) is 11.9. The first-order valence-electron chi connectivity index (χ1n) is 3.78. The molecule has 0 saturated carbocycles. The third-order valence-corrected chi connectivity index (χ3v) is 2.74. The quantitative estimate of drug-likeness (QED) is 0.818. The SMILES string of the molecule is O=S(=O)(Cl)Oc1cc(Cl)cc(OS(=O)(=O)Cl)c1O. The molecule has 1 rings (SSSR count). The van der Waals surface area contributed by atoms with Gasteiger partial charge in [0.15, 0.2) is 11.5 Å². The van der Waals surface area contributed by atoms with Gasteiger partial charge in [-0.1, -0.05) is 11.6 Å². The molecule has 12 heteroatoms. The molecular weight excluding hydrogens is 355 g/mol. The molecule has 0 aliphatic heterocycles. The van der Waals surface area contributed by atoms with Gasteiger partial charge >= 0.3 is 18.7 Å². The molecule has 18 heavy (non-hydrogen) atoms. The van der Waals surface area contributed by atoms with Crippen LogP contribution in [0.15, 0.2) is 12.1 Å². The van der Waals surface area contributed by atoms with Gasteiger partial charge in [-0.25, -0.2) is 0 Å². The fourth-order valence-electron chi connectivity index (χ4n) is 0.892. The molecule has 0 amide bonds. The van der Waals surface area contributed by atoms with Crippen molar-refractivity contribution in [1.82, 2.24) is 0 Å². The minimum absolute atomic E-state index is 0.182. The highest BCUT2D eigenvalue weighted by Gasteiger charge is 2.20. The Morgan fingerprint density at radius 1 is 0.944 bits per heavy atom. The maximum absolute atomic E-state index is 10.7. The fraction of sp³-hybridized carbons (Fsp3) is 0. The Balaban J connectivity index is 3.31. The van der Waals surface area contributed by atoms with Gasteiger partial charge in [0, 0.05) is 17.2 Å². The van der Waals surface area contributed by atoms with Crippen molar-refractivity contribution in [3.05, 3.63) is 17.2 Å². The van der Waals surface area contributed by atoms with Crippen LogP contribution in [0.3, 0.4) is 0 Å². The second kappa shape index (κ2) is 5.17. The minimum Gasteiger partial charge on any atom is -0.502 e. The van der Waals surface area contributed by atoms with Gasteiger partial charge in [-0.3, -0.25) is 0 Å². The van der Waals surface area contributed by atoms with Gasteiger partial charge in [0.2, 0.25) is 5.75 Å². The second-order valence-corrected chi connectivity index (χ2v) is 7.31. The summed E-state index contributed by atoms with van der Waals surface area (Å²) < 4.78 is 51.0. The standard InChI is InChI=1S/C6H3Cl3O7S2/c7-3-1-4(15-17(8,11)12)6(10)5(2-3)16-18(9,13)14/h1-2,10H. The van der Waals surface area contributed by atoms with E-state index in [9.17, 15) is 21.9 Å². The summed E-state index contributed by atoms with van der Waals surface area (Å²) >= 11 is 5.53. The van der Waals surface area contributed by atoms with Gasteiger partial charge in [0.05, 0.1) is 21.4 Å². The van der Waals surface area contributed by atoms with E-state index in [2.05, 4.69) is 8.37 Å².